The summed E-state index contributed by atoms with van der Waals surface area (Å²) in [5.74, 6) is 0.557. The molecule has 116 valence electrons. The zero-order valence-electron chi connectivity index (χ0n) is 12.5. The molecule has 0 aliphatic carbocycles. The molecule has 0 spiro atoms. The van der Waals surface area contributed by atoms with Crippen LogP contribution in [0.3, 0.4) is 0 Å². The fourth-order valence-electron chi connectivity index (χ4n) is 1.60. The summed E-state index contributed by atoms with van der Waals surface area (Å²) in [4.78, 5) is 10.9. The van der Waals surface area contributed by atoms with E-state index in [-0.39, 0.29) is 11.0 Å². The number of hydrogen-bond acceptors (Lipinski definition) is 6. The molecule has 0 unspecified atom stereocenters. The number of nitrogens with zero attached hydrogens (tertiary/aromatic N) is 2. The maximum absolute atomic E-state index is 10.9. The van der Waals surface area contributed by atoms with E-state index in [1.54, 1.807) is 0 Å². The lowest BCUT2D eigenvalue weighted by Crippen LogP contribution is -2.32. The molecule has 0 saturated heterocycles. The van der Waals surface area contributed by atoms with E-state index in [1.165, 1.54) is 29.4 Å². The maximum atomic E-state index is 10.9. The quantitative estimate of drug-likeness (QED) is 0.836. The number of rotatable bonds is 4. The third kappa shape index (κ3) is 4.74. The molecule has 0 aliphatic rings. The number of amides is 1. The average molecular weight is 336 g/mol. The first-order valence-electron chi connectivity index (χ1n) is 6.55. The topological polar surface area (TPSA) is 76.1 Å². The number of aryl methyl sites for hydroxylation is 2. The van der Waals surface area contributed by atoms with Crippen LogP contribution in [0.4, 0.5) is 5.13 Å². The Bertz CT molecular complexity index is 700. The number of carbonyl (C=O) groups excluding carboxylic acids is 1. The van der Waals surface area contributed by atoms with Gasteiger partial charge in [-0.3, -0.25) is 4.79 Å². The lowest BCUT2D eigenvalue weighted by molar-refractivity contribution is -0.117. The molecule has 0 bridgehead atoms. The Kier molecular flexibility index (Phi) is 5.40. The minimum atomic E-state index is -0.236. The minimum absolute atomic E-state index is 0.199. The zero-order chi connectivity index (χ0) is 16.1. The van der Waals surface area contributed by atoms with Crippen molar-refractivity contribution in [3.8, 4) is 5.75 Å². The van der Waals surface area contributed by atoms with Crippen LogP contribution in [-0.2, 0) is 11.4 Å². The summed E-state index contributed by atoms with van der Waals surface area (Å²) in [6.07, 6.45) is 0. The summed E-state index contributed by atoms with van der Waals surface area (Å²) in [5.41, 5.74) is 2.40. The van der Waals surface area contributed by atoms with Crippen LogP contribution in [-0.4, -0.2) is 21.2 Å². The van der Waals surface area contributed by atoms with Gasteiger partial charge in [0.05, 0.1) is 0 Å². The molecule has 22 heavy (non-hydrogen) atoms. The number of thiocarbonyl (C=S) groups is 1. The van der Waals surface area contributed by atoms with Gasteiger partial charge in [0.25, 0.3) is 0 Å². The molecule has 2 N–H and O–H groups in total. The van der Waals surface area contributed by atoms with Crippen LogP contribution in [0, 0.1) is 13.8 Å². The molecule has 0 aliphatic heterocycles. The van der Waals surface area contributed by atoms with Gasteiger partial charge in [0.1, 0.15) is 12.4 Å². The molecule has 1 aromatic carbocycles. The van der Waals surface area contributed by atoms with Gasteiger partial charge in [-0.15, -0.1) is 10.2 Å². The Labute approximate surface area is 137 Å². The summed E-state index contributed by atoms with van der Waals surface area (Å²) in [6, 6.07) is 5.93. The van der Waals surface area contributed by atoms with Crippen molar-refractivity contribution >= 4 is 39.7 Å². The van der Waals surface area contributed by atoms with Gasteiger partial charge >= 0.3 is 0 Å². The summed E-state index contributed by atoms with van der Waals surface area (Å²) in [5, 5.41) is 14.6. The van der Waals surface area contributed by atoms with Crippen LogP contribution in [0.5, 0.6) is 5.75 Å². The first-order chi connectivity index (χ1) is 10.4. The van der Waals surface area contributed by atoms with Crippen molar-refractivity contribution < 1.29 is 9.53 Å². The van der Waals surface area contributed by atoms with E-state index in [0.29, 0.717) is 16.7 Å². The van der Waals surface area contributed by atoms with Gasteiger partial charge in [-0.2, -0.15) is 0 Å². The van der Waals surface area contributed by atoms with Crippen molar-refractivity contribution in [1.29, 1.82) is 0 Å². The van der Waals surface area contributed by atoms with E-state index in [0.717, 1.165) is 5.75 Å². The molecule has 1 heterocycles. The lowest BCUT2D eigenvalue weighted by Gasteiger charge is -2.06. The van der Waals surface area contributed by atoms with E-state index < -0.39 is 0 Å². The Balaban J connectivity index is 1.90. The third-order valence-corrected chi connectivity index (χ3v) is 3.83. The minimum Gasteiger partial charge on any atom is -0.486 e. The number of aromatic nitrogens is 2. The predicted molar refractivity (Wildman–Crippen MR) is 90.2 cm³/mol. The molecule has 2 rings (SSSR count). The summed E-state index contributed by atoms with van der Waals surface area (Å²) >= 11 is 6.27. The average Bonchev–Trinajstić information content (AvgIpc) is 2.86. The molecule has 0 atom stereocenters. The van der Waals surface area contributed by atoms with Gasteiger partial charge in [-0.05, 0) is 49.3 Å². The summed E-state index contributed by atoms with van der Waals surface area (Å²) in [6.45, 7) is 5.81. The number of nitrogens with one attached hydrogen (secondary N) is 2. The van der Waals surface area contributed by atoms with E-state index in [4.69, 9.17) is 17.0 Å². The molecular formula is C14H16N4O2S2. The van der Waals surface area contributed by atoms with Gasteiger partial charge in [0.2, 0.25) is 11.0 Å². The molecular weight excluding hydrogens is 320 g/mol. The van der Waals surface area contributed by atoms with Crippen molar-refractivity contribution in [3.63, 3.8) is 0 Å². The van der Waals surface area contributed by atoms with Crippen LogP contribution < -0.4 is 15.4 Å². The third-order valence-electron chi connectivity index (χ3n) is 2.82. The fourth-order valence-corrected chi connectivity index (χ4v) is 2.56. The first kappa shape index (κ1) is 16.3. The predicted octanol–water partition coefficient (Wildman–Crippen LogP) is 2.57. The van der Waals surface area contributed by atoms with Crippen LogP contribution >= 0.6 is 23.6 Å². The van der Waals surface area contributed by atoms with Crippen LogP contribution in [0.1, 0.15) is 23.1 Å². The van der Waals surface area contributed by atoms with Crippen molar-refractivity contribution in [2.75, 3.05) is 5.32 Å². The number of ether oxygens (including phenoxy) is 1. The molecule has 1 amide bonds. The van der Waals surface area contributed by atoms with Crippen LogP contribution in [0.25, 0.3) is 0 Å². The van der Waals surface area contributed by atoms with Gasteiger partial charge in [-0.1, -0.05) is 17.4 Å². The van der Waals surface area contributed by atoms with Gasteiger partial charge < -0.3 is 15.4 Å². The Morgan fingerprint density at radius 2 is 2.09 bits per heavy atom. The highest BCUT2D eigenvalue weighted by Crippen LogP contribution is 2.20. The highest BCUT2D eigenvalue weighted by Gasteiger charge is 2.07. The van der Waals surface area contributed by atoms with Crippen LogP contribution in [0.2, 0.25) is 0 Å². The molecule has 1 aromatic heterocycles. The Morgan fingerprint density at radius 1 is 1.32 bits per heavy atom. The smallest absolute Gasteiger partial charge is 0.222 e. The molecule has 2 aromatic rings. The van der Waals surface area contributed by atoms with Crippen LogP contribution in [0.15, 0.2) is 18.2 Å². The van der Waals surface area contributed by atoms with E-state index in [1.807, 2.05) is 25.1 Å². The Morgan fingerprint density at radius 3 is 2.77 bits per heavy atom. The highest BCUT2D eigenvalue weighted by molar-refractivity contribution is 7.80. The van der Waals surface area contributed by atoms with Gasteiger partial charge in [0, 0.05) is 6.92 Å². The highest BCUT2D eigenvalue weighted by atomic mass is 32.1. The zero-order valence-corrected chi connectivity index (χ0v) is 14.1. The number of carbonyl (C=O) groups is 1. The van der Waals surface area contributed by atoms with Gasteiger partial charge in [0.15, 0.2) is 10.1 Å². The molecule has 0 saturated carbocycles. The normalized spacial score (nSPS) is 10.1. The summed E-state index contributed by atoms with van der Waals surface area (Å²) in [7, 11) is 0. The molecule has 8 heteroatoms. The largest absolute Gasteiger partial charge is 0.486 e. The fraction of sp³-hybridized carbons (Fsp3) is 0.286. The number of hydrogen-bond donors (Lipinski definition) is 2. The van der Waals surface area contributed by atoms with Crippen molar-refractivity contribution in [2.24, 2.45) is 0 Å². The second kappa shape index (κ2) is 7.28. The second-order valence-electron chi connectivity index (χ2n) is 4.67. The molecule has 6 nitrogen and oxygen atoms in total. The standard InChI is InChI=1S/C14H16N4O2S2/c1-8-4-5-11(6-9(8)2)20-7-12-17-18-14(22-12)16-13(21)15-10(3)19/h4-6H,7H2,1-3H3,(H2,15,16,18,19,21). The van der Waals surface area contributed by atoms with Crippen molar-refractivity contribution in [2.45, 2.75) is 27.4 Å². The van der Waals surface area contributed by atoms with E-state index >= 15 is 0 Å². The number of anilines is 1. The lowest BCUT2D eigenvalue weighted by atomic mass is 10.1. The van der Waals surface area contributed by atoms with E-state index in [2.05, 4.69) is 27.8 Å². The summed E-state index contributed by atoms with van der Waals surface area (Å²) < 4.78 is 5.69. The monoisotopic (exact) mass is 336 g/mol. The second-order valence-corrected chi connectivity index (χ2v) is 6.14. The first-order valence-corrected chi connectivity index (χ1v) is 7.77. The Hall–Kier alpha value is -2.06. The molecule has 0 fully saturated rings. The van der Waals surface area contributed by atoms with E-state index in [9.17, 15) is 4.79 Å². The van der Waals surface area contributed by atoms with Gasteiger partial charge in [-0.25, -0.2) is 0 Å². The number of benzene rings is 1. The van der Waals surface area contributed by atoms with Crippen molar-refractivity contribution in [3.05, 3.63) is 34.3 Å². The maximum Gasteiger partial charge on any atom is 0.222 e. The van der Waals surface area contributed by atoms with Crippen molar-refractivity contribution in [1.82, 2.24) is 15.5 Å². The SMILES string of the molecule is CC(=O)NC(=S)Nc1nnc(COc2ccc(C)c(C)c2)s1. The molecule has 0 radical (unpaired) electrons.